The van der Waals surface area contributed by atoms with E-state index in [1.807, 2.05) is 30.3 Å². The molecule has 0 aliphatic heterocycles. The zero-order valence-electron chi connectivity index (χ0n) is 7.68. The van der Waals surface area contributed by atoms with Crippen molar-refractivity contribution >= 4 is 18.0 Å². The molecule has 1 rings (SSSR count). The lowest BCUT2D eigenvalue weighted by Crippen LogP contribution is -1.99. The third-order valence-electron chi connectivity index (χ3n) is 1.55. The zero-order chi connectivity index (χ0) is 10.2. The van der Waals surface area contributed by atoms with Gasteiger partial charge in [0.15, 0.2) is 0 Å². The highest BCUT2D eigenvalue weighted by Crippen LogP contribution is 2.02. The molecule has 0 aliphatic rings. The van der Waals surface area contributed by atoms with Crippen LogP contribution in [0, 0.1) is 0 Å². The minimum atomic E-state index is -0.832. The number of hydrogen-bond acceptors (Lipinski definition) is 2. The number of benzene rings is 1. The molecule has 74 valence electrons. The van der Waals surface area contributed by atoms with Crippen LogP contribution in [0.25, 0.3) is 0 Å². The van der Waals surface area contributed by atoms with Gasteiger partial charge in [0, 0.05) is 5.69 Å². The van der Waals surface area contributed by atoms with Crippen LogP contribution >= 0.6 is 0 Å². The first-order valence-corrected chi connectivity index (χ1v) is 4.31. The largest absolute Gasteiger partial charge is 0.481 e. The van der Waals surface area contributed by atoms with Crippen LogP contribution in [-0.4, -0.2) is 24.0 Å². The van der Waals surface area contributed by atoms with E-state index >= 15 is 0 Å². The molecule has 0 aromatic heterocycles. The molecule has 14 heavy (non-hydrogen) atoms. The van der Waals surface area contributed by atoms with Crippen molar-refractivity contribution in [3.8, 4) is 0 Å². The molecule has 0 aliphatic carbocycles. The van der Waals surface area contributed by atoms with Crippen LogP contribution in [0.5, 0.6) is 0 Å². The van der Waals surface area contributed by atoms with E-state index in [2.05, 4.69) is 10.3 Å². The van der Waals surface area contributed by atoms with Gasteiger partial charge in [-0.15, -0.1) is 0 Å². The van der Waals surface area contributed by atoms with Crippen molar-refractivity contribution in [2.24, 2.45) is 4.99 Å². The first-order valence-electron chi connectivity index (χ1n) is 4.31. The molecule has 4 nitrogen and oxygen atoms in total. The molecule has 0 heterocycles. The fraction of sp³-hybridized carbons (Fsp3) is 0.200. The lowest BCUT2D eigenvalue weighted by Gasteiger charge is -1.97. The number of anilines is 1. The standard InChI is InChI=1S/C10H12N2O2/c13-10(14)6-7-11-8-12-9-4-2-1-3-5-9/h1-5,8H,6-7H2,(H,11,12)(H,13,14). The van der Waals surface area contributed by atoms with Crippen LogP contribution < -0.4 is 5.32 Å². The van der Waals surface area contributed by atoms with Crippen molar-refractivity contribution in [1.82, 2.24) is 0 Å². The van der Waals surface area contributed by atoms with Crippen molar-refractivity contribution in [2.75, 3.05) is 11.9 Å². The van der Waals surface area contributed by atoms with Gasteiger partial charge in [-0.1, -0.05) is 18.2 Å². The fourth-order valence-electron chi connectivity index (χ4n) is 0.879. The molecule has 1 aromatic carbocycles. The fourth-order valence-corrected chi connectivity index (χ4v) is 0.879. The highest BCUT2D eigenvalue weighted by Gasteiger charge is 1.91. The highest BCUT2D eigenvalue weighted by atomic mass is 16.4. The second kappa shape index (κ2) is 5.75. The molecule has 0 bridgehead atoms. The number of carbonyl (C=O) groups is 1. The summed E-state index contributed by atoms with van der Waals surface area (Å²) < 4.78 is 0. The maximum atomic E-state index is 10.1. The Morgan fingerprint density at radius 3 is 2.79 bits per heavy atom. The Morgan fingerprint density at radius 2 is 2.14 bits per heavy atom. The molecule has 4 heteroatoms. The molecule has 0 fully saturated rings. The van der Waals surface area contributed by atoms with Crippen LogP contribution in [0.2, 0.25) is 0 Å². The van der Waals surface area contributed by atoms with E-state index in [-0.39, 0.29) is 6.42 Å². The number of carboxylic acid groups (broad SMARTS) is 1. The van der Waals surface area contributed by atoms with Gasteiger partial charge < -0.3 is 10.4 Å². The summed E-state index contributed by atoms with van der Waals surface area (Å²) in [6.45, 7) is 0.301. The second-order valence-electron chi connectivity index (χ2n) is 2.69. The Bertz CT molecular complexity index is 309. The van der Waals surface area contributed by atoms with Gasteiger partial charge in [-0.3, -0.25) is 9.79 Å². The van der Waals surface area contributed by atoms with Gasteiger partial charge in [0.1, 0.15) is 0 Å². The van der Waals surface area contributed by atoms with E-state index in [9.17, 15) is 4.79 Å². The Labute approximate surface area is 82.3 Å². The number of nitrogens with zero attached hydrogens (tertiary/aromatic N) is 1. The Kier molecular flexibility index (Phi) is 4.20. The molecular formula is C10H12N2O2. The topological polar surface area (TPSA) is 61.7 Å². The quantitative estimate of drug-likeness (QED) is 0.550. The van der Waals surface area contributed by atoms with Crippen LogP contribution in [-0.2, 0) is 4.79 Å². The van der Waals surface area contributed by atoms with E-state index in [1.165, 1.54) is 6.34 Å². The average molecular weight is 192 g/mol. The van der Waals surface area contributed by atoms with Gasteiger partial charge in [-0.2, -0.15) is 0 Å². The molecular weight excluding hydrogens is 180 g/mol. The van der Waals surface area contributed by atoms with Crippen LogP contribution in [0.15, 0.2) is 35.3 Å². The molecule has 0 amide bonds. The van der Waals surface area contributed by atoms with Gasteiger partial charge in [-0.05, 0) is 12.1 Å². The number of aliphatic imine (C=N–C) groups is 1. The van der Waals surface area contributed by atoms with Crippen molar-refractivity contribution in [3.63, 3.8) is 0 Å². The van der Waals surface area contributed by atoms with E-state index < -0.39 is 5.97 Å². The predicted molar refractivity (Wildman–Crippen MR) is 55.7 cm³/mol. The zero-order valence-corrected chi connectivity index (χ0v) is 7.68. The first-order chi connectivity index (χ1) is 6.79. The smallest absolute Gasteiger partial charge is 0.305 e. The van der Waals surface area contributed by atoms with Gasteiger partial charge in [0.05, 0.1) is 19.3 Å². The van der Waals surface area contributed by atoms with Crippen LogP contribution in [0.1, 0.15) is 6.42 Å². The third kappa shape index (κ3) is 4.25. The minimum Gasteiger partial charge on any atom is -0.481 e. The van der Waals surface area contributed by atoms with Gasteiger partial charge in [0.25, 0.3) is 0 Å². The van der Waals surface area contributed by atoms with E-state index in [0.717, 1.165) is 5.69 Å². The number of aliphatic carboxylic acids is 1. The number of hydrogen-bond donors (Lipinski definition) is 2. The molecule has 0 saturated heterocycles. The van der Waals surface area contributed by atoms with Gasteiger partial charge >= 0.3 is 5.97 Å². The summed E-state index contributed by atoms with van der Waals surface area (Å²) in [5, 5.41) is 11.3. The maximum absolute atomic E-state index is 10.1. The molecule has 0 radical (unpaired) electrons. The number of rotatable bonds is 5. The second-order valence-corrected chi connectivity index (χ2v) is 2.69. The highest BCUT2D eigenvalue weighted by molar-refractivity contribution is 5.75. The van der Waals surface area contributed by atoms with Crippen LogP contribution in [0.4, 0.5) is 5.69 Å². The molecule has 0 atom stereocenters. The summed E-state index contributed by atoms with van der Waals surface area (Å²) in [5.74, 6) is -0.832. The summed E-state index contributed by atoms with van der Waals surface area (Å²) >= 11 is 0. The summed E-state index contributed by atoms with van der Waals surface area (Å²) in [5.41, 5.74) is 0.937. The number of para-hydroxylation sites is 1. The lowest BCUT2D eigenvalue weighted by atomic mass is 10.3. The normalized spacial score (nSPS) is 10.3. The van der Waals surface area contributed by atoms with Crippen LogP contribution in [0.3, 0.4) is 0 Å². The molecule has 2 N–H and O–H groups in total. The molecule has 0 saturated carbocycles. The molecule has 1 aromatic rings. The van der Waals surface area contributed by atoms with E-state index in [4.69, 9.17) is 5.11 Å². The summed E-state index contributed by atoms with van der Waals surface area (Å²) in [6, 6.07) is 9.56. The monoisotopic (exact) mass is 192 g/mol. The average Bonchev–Trinajstić information content (AvgIpc) is 2.18. The third-order valence-corrected chi connectivity index (χ3v) is 1.55. The Morgan fingerprint density at radius 1 is 1.43 bits per heavy atom. The van der Waals surface area contributed by atoms with Crippen molar-refractivity contribution in [3.05, 3.63) is 30.3 Å². The predicted octanol–water partition coefficient (Wildman–Crippen LogP) is 1.60. The van der Waals surface area contributed by atoms with Crippen molar-refractivity contribution in [1.29, 1.82) is 0 Å². The van der Waals surface area contributed by atoms with Crippen molar-refractivity contribution in [2.45, 2.75) is 6.42 Å². The van der Waals surface area contributed by atoms with Gasteiger partial charge in [-0.25, -0.2) is 0 Å². The molecule has 0 spiro atoms. The Hall–Kier alpha value is -1.84. The van der Waals surface area contributed by atoms with Gasteiger partial charge in [0.2, 0.25) is 0 Å². The lowest BCUT2D eigenvalue weighted by molar-refractivity contribution is -0.136. The number of carboxylic acids is 1. The maximum Gasteiger partial charge on any atom is 0.305 e. The summed E-state index contributed by atoms with van der Waals surface area (Å²) in [4.78, 5) is 14.0. The molecule has 0 unspecified atom stereocenters. The first kappa shape index (κ1) is 10.2. The van der Waals surface area contributed by atoms with Crippen molar-refractivity contribution < 1.29 is 9.90 Å². The van der Waals surface area contributed by atoms with E-state index in [1.54, 1.807) is 0 Å². The van der Waals surface area contributed by atoms with E-state index in [0.29, 0.717) is 6.54 Å². The minimum absolute atomic E-state index is 0.0625. The summed E-state index contributed by atoms with van der Waals surface area (Å²) in [6.07, 6.45) is 1.57. The summed E-state index contributed by atoms with van der Waals surface area (Å²) in [7, 11) is 0. The Balaban J connectivity index is 2.24. The SMILES string of the molecule is O=C(O)CCN=CNc1ccccc1. The number of nitrogens with one attached hydrogen (secondary N) is 1.